The molecule has 2 aromatic heterocycles. The lowest BCUT2D eigenvalue weighted by atomic mass is 10.0. The number of hydrogen-bond acceptors (Lipinski definition) is 8. The summed E-state index contributed by atoms with van der Waals surface area (Å²) in [5.74, 6) is 1.24. The molecule has 2 N–H and O–H groups in total. The Balaban J connectivity index is 1.36. The third-order valence-corrected chi connectivity index (χ3v) is 6.55. The molecule has 2 saturated heterocycles. The lowest BCUT2D eigenvalue weighted by Gasteiger charge is -2.38. The number of aromatic nitrogens is 4. The zero-order valence-electron chi connectivity index (χ0n) is 19.4. The summed E-state index contributed by atoms with van der Waals surface area (Å²) >= 11 is 0. The van der Waals surface area contributed by atoms with Gasteiger partial charge in [0, 0.05) is 50.6 Å². The number of piperidine rings is 1. The third kappa shape index (κ3) is 4.54. The maximum atomic E-state index is 12.2. The number of hydrogen-bond donors (Lipinski definition) is 2. The first kappa shape index (κ1) is 22.1. The molecule has 5 rings (SSSR count). The molecule has 0 spiro atoms. The molecule has 1 atom stereocenters. The minimum atomic E-state index is -0.0304. The molecular weight excluding hydrogens is 432 g/mol. The Morgan fingerprint density at radius 2 is 2.03 bits per heavy atom. The van der Waals surface area contributed by atoms with Gasteiger partial charge in [-0.2, -0.15) is 15.1 Å². The van der Waals surface area contributed by atoms with Gasteiger partial charge in [-0.1, -0.05) is 6.58 Å². The van der Waals surface area contributed by atoms with Crippen molar-refractivity contribution >= 4 is 40.1 Å². The van der Waals surface area contributed by atoms with E-state index in [0.29, 0.717) is 18.1 Å². The van der Waals surface area contributed by atoms with E-state index in [9.17, 15) is 4.79 Å². The fourth-order valence-electron chi connectivity index (χ4n) is 4.62. The molecule has 1 aromatic carbocycles. The minimum absolute atomic E-state index is 0.0304. The Bertz CT molecular complexity index is 1160. The molecule has 10 nitrogen and oxygen atoms in total. The first-order valence-corrected chi connectivity index (χ1v) is 11.7. The Hall–Kier alpha value is -3.66. The summed E-state index contributed by atoms with van der Waals surface area (Å²) in [6.07, 6.45) is 5.05. The van der Waals surface area contributed by atoms with Gasteiger partial charge in [0.25, 0.3) is 0 Å². The van der Waals surface area contributed by atoms with E-state index >= 15 is 0 Å². The van der Waals surface area contributed by atoms with E-state index in [0.717, 1.165) is 62.6 Å². The number of H-pyrrole nitrogens is 1. The predicted octanol–water partition coefficient (Wildman–Crippen LogP) is 2.55. The van der Waals surface area contributed by atoms with Crippen LogP contribution in [0.15, 0.2) is 43.1 Å². The maximum Gasteiger partial charge on any atom is 0.246 e. The Labute approximate surface area is 198 Å². The molecule has 0 radical (unpaired) electrons. The number of amides is 1. The number of nitrogens with one attached hydrogen (secondary N) is 2. The van der Waals surface area contributed by atoms with Crippen molar-refractivity contribution in [2.24, 2.45) is 0 Å². The van der Waals surface area contributed by atoms with Crippen molar-refractivity contribution in [3.05, 3.63) is 43.1 Å². The average molecular weight is 463 g/mol. The van der Waals surface area contributed by atoms with Gasteiger partial charge in [0.15, 0.2) is 5.65 Å². The standard InChI is InChI=1S/C24H30N8O2/c1-3-21(33)32-10-4-5-19(16-32)30(2)23-20-15-25-29-22(20)27-24(28-23)26-17-6-8-18(9-7-17)31-11-13-34-14-12-31/h3,6-9,15,19H,1,4-5,10-14,16H2,2H3,(H2,25,26,27,28,29). The second kappa shape index (κ2) is 9.68. The highest BCUT2D eigenvalue weighted by Crippen LogP contribution is 2.29. The lowest BCUT2D eigenvalue weighted by Crippen LogP contribution is -2.48. The molecule has 0 bridgehead atoms. The van der Waals surface area contributed by atoms with Gasteiger partial charge in [0.1, 0.15) is 5.82 Å². The van der Waals surface area contributed by atoms with Gasteiger partial charge in [0.2, 0.25) is 11.9 Å². The first-order chi connectivity index (χ1) is 16.6. The molecular formula is C24H30N8O2. The van der Waals surface area contributed by atoms with Crippen molar-refractivity contribution < 1.29 is 9.53 Å². The normalized spacial score (nSPS) is 18.7. The van der Waals surface area contributed by atoms with Crippen molar-refractivity contribution in [3.8, 4) is 0 Å². The zero-order chi connectivity index (χ0) is 23.5. The smallest absolute Gasteiger partial charge is 0.246 e. The van der Waals surface area contributed by atoms with Gasteiger partial charge in [0.05, 0.1) is 24.8 Å². The summed E-state index contributed by atoms with van der Waals surface area (Å²) in [5.41, 5.74) is 2.75. The third-order valence-electron chi connectivity index (χ3n) is 6.55. The lowest BCUT2D eigenvalue weighted by molar-refractivity contribution is -0.127. The number of carbonyl (C=O) groups excluding carboxylic acids is 1. The molecule has 2 aliphatic heterocycles. The summed E-state index contributed by atoms with van der Waals surface area (Å²) in [4.78, 5) is 27.9. The van der Waals surface area contributed by atoms with Gasteiger partial charge in [-0.05, 0) is 43.2 Å². The van der Waals surface area contributed by atoms with E-state index in [1.54, 1.807) is 6.20 Å². The number of rotatable bonds is 6. The van der Waals surface area contributed by atoms with E-state index in [4.69, 9.17) is 9.72 Å². The van der Waals surface area contributed by atoms with Crippen LogP contribution in [0.2, 0.25) is 0 Å². The summed E-state index contributed by atoms with van der Waals surface area (Å²) in [5, 5.41) is 11.3. The average Bonchev–Trinajstić information content (AvgIpc) is 3.37. The van der Waals surface area contributed by atoms with Gasteiger partial charge in [-0.3, -0.25) is 9.89 Å². The maximum absolute atomic E-state index is 12.2. The predicted molar refractivity (Wildman–Crippen MR) is 133 cm³/mol. The van der Waals surface area contributed by atoms with Crippen LogP contribution in [0.25, 0.3) is 11.0 Å². The van der Waals surface area contributed by atoms with E-state index < -0.39 is 0 Å². The molecule has 1 unspecified atom stereocenters. The van der Waals surface area contributed by atoms with E-state index in [1.165, 1.54) is 11.8 Å². The van der Waals surface area contributed by atoms with Crippen molar-refractivity contribution in [1.29, 1.82) is 0 Å². The molecule has 0 saturated carbocycles. The monoisotopic (exact) mass is 462 g/mol. The molecule has 1 amide bonds. The number of nitrogens with zero attached hydrogens (tertiary/aromatic N) is 6. The van der Waals surface area contributed by atoms with Crippen LogP contribution in [0.3, 0.4) is 0 Å². The van der Waals surface area contributed by atoms with Gasteiger partial charge >= 0.3 is 0 Å². The number of ether oxygens (including phenoxy) is 1. The summed E-state index contributed by atoms with van der Waals surface area (Å²) < 4.78 is 5.44. The number of likely N-dealkylation sites (tertiary alicyclic amines) is 1. The quantitative estimate of drug-likeness (QED) is 0.539. The van der Waals surface area contributed by atoms with Crippen LogP contribution >= 0.6 is 0 Å². The van der Waals surface area contributed by atoms with Crippen LogP contribution in [0, 0.1) is 0 Å². The van der Waals surface area contributed by atoms with Crippen LogP contribution < -0.4 is 15.1 Å². The van der Waals surface area contributed by atoms with Crippen molar-refractivity contribution in [3.63, 3.8) is 0 Å². The molecule has 4 heterocycles. The Morgan fingerprint density at radius 1 is 1.24 bits per heavy atom. The van der Waals surface area contributed by atoms with Crippen molar-refractivity contribution in [2.45, 2.75) is 18.9 Å². The number of anilines is 4. The molecule has 10 heteroatoms. The van der Waals surface area contributed by atoms with Gasteiger partial charge in [-0.25, -0.2) is 0 Å². The van der Waals surface area contributed by atoms with Crippen LogP contribution in [0.4, 0.5) is 23.1 Å². The van der Waals surface area contributed by atoms with E-state index in [2.05, 4.69) is 49.0 Å². The summed E-state index contributed by atoms with van der Waals surface area (Å²) in [6.45, 7) is 8.34. The van der Waals surface area contributed by atoms with Crippen molar-refractivity contribution in [1.82, 2.24) is 25.1 Å². The number of benzene rings is 1. The molecule has 2 fully saturated rings. The highest BCUT2D eigenvalue weighted by molar-refractivity contribution is 5.89. The van der Waals surface area contributed by atoms with Crippen LogP contribution in [0.1, 0.15) is 12.8 Å². The second-order valence-electron chi connectivity index (χ2n) is 8.67. The van der Waals surface area contributed by atoms with Gasteiger partial charge in [-0.15, -0.1) is 0 Å². The molecule has 2 aliphatic rings. The van der Waals surface area contributed by atoms with Crippen LogP contribution in [0.5, 0.6) is 0 Å². The number of likely N-dealkylation sites (N-methyl/N-ethyl adjacent to an activating group) is 1. The largest absolute Gasteiger partial charge is 0.378 e. The number of aromatic amines is 1. The fraction of sp³-hybridized carbons (Fsp3) is 0.417. The molecule has 3 aromatic rings. The topological polar surface area (TPSA) is 103 Å². The highest BCUT2D eigenvalue weighted by atomic mass is 16.5. The molecule has 0 aliphatic carbocycles. The van der Waals surface area contributed by atoms with E-state index in [1.807, 2.05) is 24.1 Å². The second-order valence-corrected chi connectivity index (χ2v) is 8.67. The fourth-order valence-corrected chi connectivity index (χ4v) is 4.62. The summed E-state index contributed by atoms with van der Waals surface area (Å²) in [6, 6.07) is 8.42. The highest BCUT2D eigenvalue weighted by Gasteiger charge is 2.27. The minimum Gasteiger partial charge on any atom is -0.378 e. The van der Waals surface area contributed by atoms with Crippen molar-refractivity contribution in [2.75, 3.05) is 61.6 Å². The number of morpholine rings is 1. The van der Waals surface area contributed by atoms with E-state index in [-0.39, 0.29) is 11.9 Å². The Morgan fingerprint density at radius 3 is 2.79 bits per heavy atom. The number of fused-ring (bicyclic) bond motifs is 1. The molecule has 178 valence electrons. The van der Waals surface area contributed by atoms with Crippen LogP contribution in [-0.4, -0.2) is 83.5 Å². The summed E-state index contributed by atoms with van der Waals surface area (Å²) in [7, 11) is 2.02. The SMILES string of the molecule is C=CC(=O)N1CCCC(N(C)c2nc(Nc3ccc(N4CCOCC4)cc3)nc3[nH]ncc23)C1. The van der Waals surface area contributed by atoms with Gasteiger partial charge < -0.3 is 24.8 Å². The molecule has 34 heavy (non-hydrogen) atoms. The zero-order valence-corrected chi connectivity index (χ0v) is 19.4. The number of carbonyl (C=O) groups is 1. The Kier molecular flexibility index (Phi) is 6.31. The first-order valence-electron chi connectivity index (χ1n) is 11.7. The van der Waals surface area contributed by atoms with Crippen LogP contribution in [-0.2, 0) is 9.53 Å².